The molecule has 0 bridgehead atoms. The molecule has 0 radical (unpaired) electrons. The normalized spacial score (nSPS) is 25.3. The van der Waals surface area contributed by atoms with Crippen LogP contribution in [0.1, 0.15) is 35.2 Å². The number of hydrogen-bond acceptors (Lipinski definition) is 6. The van der Waals surface area contributed by atoms with E-state index in [4.69, 9.17) is 5.73 Å². The minimum Gasteiger partial charge on any atom is -0.354 e. The van der Waals surface area contributed by atoms with Crippen LogP contribution in [0.25, 0.3) is 0 Å². The quantitative estimate of drug-likeness (QED) is 0.683. The lowest BCUT2D eigenvalue weighted by atomic mass is 10.0. The van der Waals surface area contributed by atoms with Crippen LogP contribution >= 0.6 is 0 Å². The van der Waals surface area contributed by atoms with Gasteiger partial charge in [-0.05, 0) is 36.6 Å². The molecule has 1 aromatic heterocycles. The van der Waals surface area contributed by atoms with Gasteiger partial charge in [0.05, 0.1) is 35.0 Å². The van der Waals surface area contributed by atoms with Gasteiger partial charge in [-0.2, -0.15) is 5.26 Å². The molecule has 6 nitrogen and oxygen atoms in total. The van der Waals surface area contributed by atoms with Gasteiger partial charge in [0.25, 0.3) is 5.92 Å². The number of nitriles is 1. The van der Waals surface area contributed by atoms with Gasteiger partial charge in [0.1, 0.15) is 12.4 Å². The second kappa shape index (κ2) is 9.20. The van der Waals surface area contributed by atoms with Crippen LogP contribution in [0, 0.1) is 24.2 Å². The summed E-state index contributed by atoms with van der Waals surface area (Å²) in [6, 6.07) is 9.00. The van der Waals surface area contributed by atoms with E-state index in [0.717, 1.165) is 22.8 Å². The number of alkyl halides is 2. The number of carbonyl (C=O) groups excluding carboxylic acids is 1. The highest BCUT2D eigenvalue weighted by Crippen LogP contribution is 2.60. The van der Waals surface area contributed by atoms with Crippen LogP contribution in [0.15, 0.2) is 30.5 Å². The predicted octanol–water partition coefficient (Wildman–Crippen LogP) is 3.19. The van der Waals surface area contributed by atoms with Gasteiger partial charge in [-0.1, -0.05) is 19.1 Å². The Labute approximate surface area is 182 Å². The van der Waals surface area contributed by atoms with Crippen molar-refractivity contribution in [2.24, 2.45) is 11.7 Å². The highest BCUT2D eigenvalue weighted by Gasteiger charge is 2.68. The number of aldehydes is 1. The standard InChI is InChI=1S/C19H17F2N3O.C3H7NOS/c1-3-14-15(8-22)11(2)23-9-17(14)24-13-6-4-12(5-7-13)18-16(10-25)19(18,20)21;4-3-1-6(5)2-3/h4-7,9-10,16,18,24H,3H2,1-2H3;3H,1-2,4H2. The van der Waals surface area contributed by atoms with Crippen LogP contribution in [-0.4, -0.2) is 38.9 Å². The number of benzene rings is 1. The number of hydrogen-bond donors (Lipinski definition) is 2. The minimum absolute atomic E-state index is 0.242. The smallest absolute Gasteiger partial charge is 0.265 e. The lowest BCUT2D eigenvalue weighted by Crippen LogP contribution is -2.43. The first-order valence-corrected chi connectivity index (χ1v) is 11.4. The molecule has 9 heteroatoms. The second-order valence-electron chi connectivity index (χ2n) is 7.67. The topological polar surface area (TPSA) is 109 Å². The number of pyridine rings is 1. The average molecular weight is 447 g/mol. The zero-order valence-corrected chi connectivity index (χ0v) is 18.1. The van der Waals surface area contributed by atoms with Crippen LogP contribution in [0.5, 0.6) is 0 Å². The van der Waals surface area contributed by atoms with Crippen LogP contribution in [0.4, 0.5) is 20.2 Å². The van der Waals surface area contributed by atoms with E-state index in [1.165, 1.54) is 0 Å². The van der Waals surface area contributed by atoms with Crippen molar-refractivity contribution in [3.63, 3.8) is 0 Å². The second-order valence-corrected chi connectivity index (χ2v) is 9.22. The molecule has 2 aliphatic rings. The molecule has 3 N–H and O–H groups in total. The third-order valence-electron chi connectivity index (χ3n) is 5.45. The molecule has 31 heavy (non-hydrogen) atoms. The Balaban J connectivity index is 0.000000391. The summed E-state index contributed by atoms with van der Waals surface area (Å²) in [5.41, 5.74) is 9.25. The molecule has 2 unspecified atom stereocenters. The monoisotopic (exact) mass is 446 g/mol. The summed E-state index contributed by atoms with van der Waals surface area (Å²) in [5, 5.41) is 12.5. The number of halogens is 2. The fourth-order valence-electron chi connectivity index (χ4n) is 3.59. The first kappa shape index (κ1) is 23.0. The third kappa shape index (κ3) is 4.81. The summed E-state index contributed by atoms with van der Waals surface area (Å²) in [6.45, 7) is 3.74. The molecule has 0 amide bonds. The van der Waals surface area contributed by atoms with Crippen molar-refractivity contribution < 1.29 is 17.8 Å². The molecule has 1 aliphatic heterocycles. The molecule has 4 rings (SSSR count). The van der Waals surface area contributed by atoms with E-state index in [1.54, 1.807) is 37.4 Å². The van der Waals surface area contributed by atoms with Crippen molar-refractivity contribution in [2.45, 2.75) is 38.2 Å². The maximum absolute atomic E-state index is 13.5. The van der Waals surface area contributed by atoms with E-state index in [9.17, 15) is 23.0 Å². The fourth-order valence-corrected chi connectivity index (χ4v) is 4.45. The summed E-state index contributed by atoms with van der Waals surface area (Å²) in [5.74, 6) is -3.76. The Morgan fingerprint density at radius 2 is 2.00 bits per heavy atom. The Bertz CT molecular complexity index is 1030. The summed E-state index contributed by atoms with van der Waals surface area (Å²) < 4.78 is 37.2. The largest absolute Gasteiger partial charge is 0.354 e. The number of nitrogens with two attached hydrogens (primary N) is 1. The molecule has 2 fully saturated rings. The fraction of sp³-hybridized carbons (Fsp3) is 0.409. The van der Waals surface area contributed by atoms with Crippen LogP contribution in [-0.2, 0) is 22.0 Å². The van der Waals surface area contributed by atoms with E-state index in [-0.39, 0.29) is 6.04 Å². The third-order valence-corrected chi connectivity index (χ3v) is 7.05. The molecule has 1 aromatic carbocycles. The Morgan fingerprint density at radius 1 is 1.35 bits per heavy atom. The van der Waals surface area contributed by atoms with E-state index in [1.807, 2.05) is 6.92 Å². The molecule has 2 heterocycles. The van der Waals surface area contributed by atoms with E-state index >= 15 is 0 Å². The highest BCUT2D eigenvalue weighted by molar-refractivity contribution is 7.86. The van der Waals surface area contributed by atoms with Gasteiger partial charge >= 0.3 is 0 Å². The number of nitrogens with zero attached hydrogens (tertiary/aromatic N) is 2. The molecule has 2 atom stereocenters. The number of anilines is 2. The minimum atomic E-state index is -2.95. The van der Waals surface area contributed by atoms with Gasteiger partial charge in [-0.3, -0.25) is 9.19 Å². The van der Waals surface area contributed by atoms with Crippen LogP contribution in [0.2, 0.25) is 0 Å². The zero-order chi connectivity index (χ0) is 22.8. The lowest BCUT2D eigenvalue weighted by molar-refractivity contribution is -0.110. The molecular formula is C22H24F2N4O2S. The maximum Gasteiger partial charge on any atom is 0.265 e. The Kier molecular flexibility index (Phi) is 6.82. The van der Waals surface area contributed by atoms with Crippen molar-refractivity contribution in [3.8, 4) is 6.07 Å². The summed E-state index contributed by atoms with van der Waals surface area (Å²) in [7, 11) is -0.547. The van der Waals surface area contributed by atoms with Gasteiger partial charge < -0.3 is 15.8 Å². The van der Waals surface area contributed by atoms with Crippen molar-refractivity contribution in [3.05, 3.63) is 52.8 Å². The summed E-state index contributed by atoms with van der Waals surface area (Å²) in [6.07, 6.45) is 2.66. The highest BCUT2D eigenvalue weighted by atomic mass is 32.2. The summed E-state index contributed by atoms with van der Waals surface area (Å²) in [4.78, 5) is 14.9. The average Bonchev–Trinajstić information content (AvgIpc) is 3.29. The molecule has 2 aromatic rings. The number of rotatable bonds is 5. The van der Waals surface area contributed by atoms with E-state index < -0.39 is 28.6 Å². The van der Waals surface area contributed by atoms with Crippen molar-refractivity contribution in [2.75, 3.05) is 16.8 Å². The SMILES string of the molecule is CCc1c(Nc2ccc(C3C(C=O)C3(F)F)cc2)cnc(C)c1C#N.NC1CS(=O)C1. The van der Waals surface area contributed by atoms with Crippen LogP contribution in [0.3, 0.4) is 0 Å². The van der Waals surface area contributed by atoms with Gasteiger partial charge in [0.2, 0.25) is 0 Å². The molecule has 1 saturated carbocycles. The van der Waals surface area contributed by atoms with Crippen LogP contribution < -0.4 is 11.1 Å². The maximum atomic E-state index is 13.5. The number of nitrogens with one attached hydrogen (secondary N) is 1. The number of carbonyl (C=O) groups is 1. The van der Waals surface area contributed by atoms with Crippen molar-refractivity contribution >= 4 is 28.5 Å². The van der Waals surface area contributed by atoms with E-state index in [0.29, 0.717) is 35.2 Å². The molecule has 1 saturated heterocycles. The van der Waals surface area contributed by atoms with Gasteiger partial charge in [-0.25, -0.2) is 8.78 Å². The van der Waals surface area contributed by atoms with Crippen molar-refractivity contribution in [1.82, 2.24) is 4.98 Å². The lowest BCUT2D eigenvalue weighted by Gasteiger charge is -2.18. The number of aryl methyl sites for hydroxylation is 1. The molecule has 0 spiro atoms. The molecule has 1 aliphatic carbocycles. The molecule has 164 valence electrons. The Morgan fingerprint density at radius 3 is 2.42 bits per heavy atom. The van der Waals surface area contributed by atoms with Gasteiger partial charge in [0, 0.05) is 34.0 Å². The molecular weight excluding hydrogens is 422 g/mol. The predicted molar refractivity (Wildman–Crippen MR) is 116 cm³/mol. The first-order chi connectivity index (χ1) is 14.7. The first-order valence-electron chi connectivity index (χ1n) is 9.92. The Hall–Kier alpha value is -2.70. The number of aromatic nitrogens is 1. The van der Waals surface area contributed by atoms with Crippen molar-refractivity contribution in [1.29, 1.82) is 5.26 Å². The van der Waals surface area contributed by atoms with E-state index in [2.05, 4.69) is 16.4 Å². The summed E-state index contributed by atoms with van der Waals surface area (Å²) >= 11 is 0. The van der Waals surface area contributed by atoms with Gasteiger partial charge in [0.15, 0.2) is 0 Å². The van der Waals surface area contributed by atoms with Gasteiger partial charge in [-0.15, -0.1) is 0 Å². The zero-order valence-electron chi connectivity index (χ0n) is 17.3.